The molecule has 2 aromatic rings. The molecule has 0 aliphatic rings. The molecule has 1 heterocycles. The van der Waals surface area contributed by atoms with Crippen molar-refractivity contribution in [2.45, 2.75) is 20.8 Å². The lowest BCUT2D eigenvalue weighted by molar-refractivity contribution is 0.987. The van der Waals surface area contributed by atoms with Crippen molar-refractivity contribution >= 4 is 23.6 Å². The van der Waals surface area contributed by atoms with Crippen molar-refractivity contribution in [1.29, 1.82) is 0 Å². The monoisotopic (exact) mass is 235 g/mol. The zero-order chi connectivity index (χ0) is 11.0. The topological polar surface area (TPSA) is 4.93 Å². The third-order valence-electron chi connectivity index (χ3n) is 2.68. The lowest BCUT2D eigenvalue weighted by Crippen LogP contribution is -1.99. The van der Waals surface area contributed by atoms with Gasteiger partial charge in [-0.2, -0.15) is 0 Å². The van der Waals surface area contributed by atoms with Crippen molar-refractivity contribution in [3.8, 4) is 5.69 Å². The average molecular weight is 235 g/mol. The molecule has 3 heteroatoms. The van der Waals surface area contributed by atoms with Crippen molar-refractivity contribution in [3.63, 3.8) is 0 Å². The minimum Gasteiger partial charge on any atom is -0.296 e. The molecule has 0 aliphatic heterocycles. The van der Waals surface area contributed by atoms with Crippen LogP contribution in [0.3, 0.4) is 0 Å². The van der Waals surface area contributed by atoms with Gasteiger partial charge in [0.1, 0.15) is 0 Å². The molecule has 2 rings (SSSR count). The first-order valence-corrected chi connectivity index (χ1v) is 6.14. The summed E-state index contributed by atoms with van der Waals surface area (Å²) in [4.78, 5) is 0. The highest BCUT2D eigenvalue weighted by molar-refractivity contribution is 7.73. The highest BCUT2D eigenvalue weighted by atomic mass is 32.1. The van der Waals surface area contributed by atoms with E-state index in [9.17, 15) is 0 Å². The molecule has 0 saturated carbocycles. The highest BCUT2D eigenvalue weighted by Gasteiger charge is 2.06. The van der Waals surface area contributed by atoms with Crippen molar-refractivity contribution < 1.29 is 0 Å². The molecule has 0 saturated heterocycles. The molecule has 0 spiro atoms. The fourth-order valence-corrected chi connectivity index (χ4v) is 2.76. The van der Waals surface area contributed by atoms with Gasteiger partial charge in [0.05, 0.1) is 5.69 Å². The van der Waals surface area contributed by atoms with Crippen LogP contribution in [0.1, 0.15) is 16.8 Å². The Labute approximate surface area is 99.0 Å². The minimum absolute atomic E-state index is 0.918. The van der Waals surface area contributed by atoms with Gasteiger partial charge in [0.2, 0.25) is 0 Å². The lowest BCUT2D eigenvalue weighted by atomic mass is 10.1. The summed E-state index contributed by atoms with van der Waals surface area (Å²) in [6.07, 6.45) is 0. The van der Waals surface area contributed by atoms with E-state index >= 15 is 0 Å². The molecule has 1 aromatic heterocycles. The second kappa shape index (κ2) is 3.91. The Balaban J connectivity index is 2.75. The maximum atomic E-state index is 5.34. The molecule has 15 heavy (non-hydrogen) atoms. The Morgan fingerprint density at radius 3 is 2.53 bits per heavy atom. The molecular formula is C12H13NS2. The van der Waals surface area contributed by atoms with Crippen LogP contribution in [-0.2, 0) is 0 Å². The van der Waals surface area contributed by atoms with Crippen LogP contribution in [0.15, 0.2) is 23.6 Å². The van der Waals surface area contributed by atoms with E-state index in [4.69, 9.17) is 12.2 Å². The van der Waals surface area contributed by atoms with Gasteiger partial charge in [-0.15, -0.1) is 11.3 Å². The number of rotatable bonds is 1. The number of hydrogen-bond donors (Lipinski definition) is 0. The van der Waals surface area contributed by atoms with Crippen molar-refractivity contribution in [2.24, 2.45) is 0 Å². The predicted molar refractivity (Wildman–Crippen MR) is 68.7 cm³/mol. The van der Waals surface area contributed by atoms with Crippen LogP contribution < -0.4 is 0 Å². The number of aryl methyl sites for hydroxylation is 2. The third kappa shape index (κ3) is 1.77. The first-order chi connectivity index (χ1) is 7.11. The van der Waals surface area contributed by atoms with E-state index in [0.717, 1.165) is 3.95 Å². The summed E-state index contributed by atoms with van der Waals surface area (Å²) in [5.41, 5.74) is 5.02. The largest absolute Gasteiger partial charge is 0.296 e. The summed E-state index contributed by atoms with van der Waals surface area (Å²) in [6, 6.07) is 6.33. The van der Waals surface area contributed by atoms with Gasteiger partial charge in [0.25, 0.3) is 0 Å². The molecule has 0 atom stereocenters. The summed E-state index contributed by atoms with van der Waals surface area (Å²) >= 11 is 6.96. The lowest BCUT2D eigenvalue weighted by Gasteiger charge is -2.11. The van der Waals surface area contributed by atoms with E-state index in [1.54, 1.807) is 11.3 Å². The molecule has 78 valence electrons. The quantitative estimate of drug-likeness (QED) is 0.671. The van der Waals surface area contributed by atoms with Crippen LogP contribution in [0.4, 0.5) is 0 Å². The first kappa shape index (κ1) is 10.6. The minimum atomic E-state index is 0.918. The number of hydrogen-bond acceptors (Lipinski definition) is 2. The van der Waals surface area contributed by atoms with Crippen LogP contribution in [0.5, 0.6) is 0 Å². The van der Waals surface area contributed by atoms with Crippen LogP contribution in [0.2, 0.25) is 0 Å². The molecule has 0 unspecified atom stereocenters. The van der Waals surface area contributed by atoms with Crippen LogP contribution >= 0.6 is 23.6 Å². The number of aromatic nitrogens is 1. The maximum Gasteiger partial charge on any atom is 0.165 e. The van der Waals surface area contributed by atoms with E-state index in [-0.39, 0.29) is 0 Å². The third-order valence-corrected chi connectivity index (χ3v) is 4.00. The van der Waals surface area contributed by atoms with Gasteiger partial charge in [-0.3, -0.25) is 4.57 Å². The van der Waals surface area contributed by atoms with Gasteiger partial charge < -0.3 is 0 Å². The van der Waals surface area contributed by atoms with Gasteiger partial charge in [0, 0.05) is 11.1 Å². The number of thiazole rings is 1. The van der Waals surface area contributed by atoms with Crippen LogP contribution in [0, 0.1) is 24.7 Å². The normalized spacial score (nSPS) is 10.6. The zero-order valence-electron chi connectivity index (χ0n) is 9.07. The molecule has 0 bridgehead atoms. The number of nitrogens with zero attached hydrogens (tertiary/aromatic N) is 1. The Hall–Kier alpha value is -0.930. The summed E-state index contributed by atoms with van der Waals surface area (Å²) < 4.78 is 3.06. The fraction of sp³-hybridized carbons (Fsp3) is 0.250. The van der Waals surface area contributed by atoms with E-state index < -0.39 is 0 Å². The van der Waals surface area contributed by atoms with E-state index in [2.05, 4.69) is 48.9 Å². The summed E-state index contributed by atoms with van der Waals surface area (Å²) in [6.45, 7) is 6.36. The maximum absolute atomic E-state index is 5.34. The Morgan fingerprint density at radius 2 is 1.93 bits per heavy atom. The zero-order valence-corrected chi connectivity index (χ0v) is 10.7. The van der Waals surface area contributed by atoms with Gasteiger partial charge >= 0.3 is 0 Å². The molecule has 0 aliphatic carbocycles. The van der Waals surface area contributed by atoms with E-state index in [0.29, 0.717) is 0 Å². The Morgan fingerprint density at radius 1 is 1.20 bits per heavy atom. The van der Waals surface area contributed by atoms with Crippen molar-refractivity contribution in [2.75, 3.05) is 0 Å². The van der Waals surface area contributed by atoms with Gasteiger partial charge in [-0.1, -0.05) is 12.1 Å². The summed E-state index contributed by atoms with van der Waals surface area (Å²) in [5, 5.41) is 2.10. The fourth-order valence-electron chi connectivity index (χ4n) is 1.65. The van der Waals surface area contributed by atoms with Gasteiger partial charge in [0.15, 0.2) is 3.95 Å². The van der Waals surface area contributed by atoms with Crippen LogP contribution in [-0.4, -0.2) is 4.57 Å². The molecule has 0 N–H and O–H groups in total. The standard InChI is InChI=1S/C12H13NS2/c1-8-5-4-6-11(10(8)3)13-9(2)7-15-12(13)14/h4-7H,1-3H3. The molecule has 1 aromatic carbocycles. The second-order valence-electron chi connectivity index (χ2n) is 3.70. The van der Waals surface area contributed by atoms with E-state index in [1.807, 2.05) is 0 Å². The molecule has 0 fully saturated rings. The first-order valence-electron chi connectivity index (χ1n) is 4.85. The molecule has 0 radical (unpaired) electrons. The van der Waals surface area contributed by atoms with Crippen molar-refractivity contribution in [1.82, 2.24) is 4.57 Å². The number of benzene rings is 1. The SMILES string of the molecule is Cc1cccc(-n2c(C)csc2=S)c1C. The average Bonchev–Trinajstić information content (AvgIpc) is 2.52. The van der Waals surface area contributed by atoms with Crippen molar-refractivity contribution in [3.05, 3.63) is 44.4 Å². The second-order valence-corrected chi connectivity index (χ2v) is 5.20. The summed E-state index contributed by atoms with van der Waals surface area (Å²) in [7, 11) is 0. The molecule has 1 nitrogen and oxygen atoms in total. The van der Waals surface area contributed by atoms with E-state index in [1.165, 1.54) is 22.5 Å². The Bertz CT molecular complexity index is 549. The highest BCUT2D eigenvalue weighted by Crippen LogP contribution is 2.22. The molecule has 0 amide bonds. The smallest absolute Gasteiger partial charge is 0.165 e. The predicted octanol–water partition coefficient (Wildman–Crippen LogP) is 4.19. The summed E-state index contributed by atoms with van der Waals surface area (Å²) in [5.74, 6) is 0. The molecular weight excluding hydrogens is 222 g/mol. The van der Waals surface area contributed by atoms with Crippen LogP contribution in [0.25, 0.3) is 5.69 Å². The Kier molecular flexibility index (Phi) is 2.76. The van der Waals surface area contributed by atoms with Gasteiger partial charge in [-0.25, -0.2) is 0 Å². The van der Waals surface area contributed by atoms with Gasteiger partial charge in [-0.05, 0) is 50.2 Å².